The molecule has 2 fully saturated rings. The number of hydrogen-bond donors (Lipinski definition) is 1. The molecular formula is C21H28N4O. The van der Waals surface area contributed by atoms with Gasteiger partial charge >= 0.3 is 0 Å². The number of likely N-dealkylation sites (N-methyl/N-ethyl adjacent to an activating group) is 1. The Morgan fingerprint density at radius 3 is 2.81 bits per heavy atom. The average molecular weight is 352 g/mol. The summed E-state index contributed by atoms with van der Waals surface area (Å²) in [5.74, 6) is 0.870. The summed E-state index contributed by atoms with van der Waals surface area (Å²) in [5.41, 5.74) is 1.68. The van der Waals surface area contributed by atoms with E-state index in [2.05, 4.69) is 22.0 Å². The van der Waals surface area contributed by atoms with Crippen LogP contribution in [0.4, 0.5) is 5.82 Å². The summed E-state index contributed by atoms with van der Waals surface area (Å²) in [6.07, 6.45) is 4.54. The average Bonchev–Trinajstić information content (AvgIpc) is 3.21. The van der Waals surface area contributed by atoms with Crippen molar-refractivity contribution in [1.29, 1.82) is 0 Å². The van der Waals surface area contributed by atoms with Crippen LogP contribution >= 0.6 is 0 Å². The second-order valence-electron chi connectivity index (χ2n) is 7.45. The maximum Gasteiger partial charge on any atom is 0.255 e. The molecule has 0 radical (unpaired) electrons. The molecule has 0 bridgehead atoms. The van der Waals surface area contributed by atoms with Gasteiger partial charge < -0.3 is 15.1 Å². The fourth-order valence-electron chi connectivity index (χ4n) is 4.17. The number of carbonyl (C=O) groups is 1. The Labute approximate surface area is 155 Å². The maximum absolute atomic E-state index is 13.1. The highest BCUT2D eigenvalue weighted by Gasteiger charge is 2.25. The summed E-state index contributed by atoms with van der Waals surface area (Å²) in [4.78, 5) is 22.7. The van der Waals surface area contributed by atoms with Gasteiger partial charge in [-0.05, 0) is 50.9 Å². The topological polar surface area (TPSA) is 48.5 Å². The molecule has 138 valence electrons. The fraction of sp³-hybridized carbons (Fsp3) is 0.524. The van der Waals surface area contributed by atoms with Crippen molar-refractivity contribution in [2.24, 2.45) is 0 Å². The van der Waals surface area contributed by atoms with Crippen LogP contribution in [-0.4, -0.2) is 54.6 Å². The molecular weight excluding hydrogens is 324 g/mol. The van der Waals surface area contributed by atoms with Crippen LogP contribution in [0.25, 0.3) is 10.9 Å². The van der Waals surface area contributed by atoms with Gasteiger partial charge in [0.1, 0.15) is 5.82 Å². The van der Waals surface area contributed by atoms with E-state index in [9.17, 15) is 4.79 Å². The van der Waals surface area contributed by atoms with Gasteiger partial charge in [0, 0.05) is 31.1 Å². The summed E-state index contributed by atoms with van der Waals surface area (Å²) >= 11 is 0. The number of para-hydroxylation sites is 1. The quantitative estimate of drug-likeness (QED) is 0.919. The highest BCUT2D eigenvalue weighted by atomic mass is 16.1. The number of pyridine rings is 1. The zero-order chi connectivity index (χ0) is 17.9. The Morgan fingerprint density at radius 2 is 2.00 bits per heavy atom. The van der Waals surface area contributed by atoms with Crippen LogP contribution in [-0.2, 0) is 0 Å². The molecule has 3 heterocycles. The number of piperidine rings is 1. The highest BCUT2D eigenvalue weighted by molar-refractivity contribution is 6.02. The maximum atomic E-state index is 13.1. The highest BCUT2D eigenvalue weighted by Crippen LogP contribution is 2.27. The third-order valence-corrected chi connectivity index (χ3v) is 5.64. The second-order valence-corrected chi connectivity index (χ2v) is 7.45. The Balaban J connectivity index is 1.62. The molecule has 1 atom stereocenters. The van der Waals surface area contributed by atoms with Crippen molar-refractivity contribution in [3.63, 3.8) is 0 Å². The smallest absolute Gasteiger partial charge is 0.255 e. The third kappa shape index (κ3) is 3.54. The van der Waals surface area contributed by atoms with Crippen molar-refractivity contribution in [2.45, 2.75) is 38.6 Å². The van der Waals surface area contributed by atoms with Crippen LogP contribution in [0.2, 0.25) is 0 Å². The number of rotatable bonds is 4. The SMILES string of the molecule is CCN1CCC[C@@H](NC(=O)c2cc3ccccc3nc2N2CCCC2)C1. The first kappa shape index (κ1) is 17.3. The van der Waals surface area contributed by atoms with E-state index in [1.807, 2.05) is 30.3 Å². The summed E-state index contributed by atoms with van der Waals surface area (Å²) in [7, 11) is 0. The lowest BCUT2D eigenvalue weighted by molar-refractivity contribution is 0.0906. The zero-order valence-electron chi connectivity index (χ0n) is 15.6. The lowest BCUT2D eigenvalue weighted by atomic mass is 10.0. The van der Waals surface area contributed by atoms with E-state index in [0.717, 1.165) is 67.8 Å². The molecule has 1 aromatic heterocycles. The molecule has 5 nitrogen and oxygen atoms in total. The number of carbonyl (C=O) groups excluding carboxylic acids is 1. The third-order valence-electron chi connectivity index (χ3n) is 5.64. The Hall–Kier alpha value is -2.14. The monoisotopic (exact) mass is 352 g/mol. The number of benzene rings is 1. The van der Waals surface area contributed by atoms with Gasteiger partial charge in [-0.25, -0.2) is 4.98 Å². The number of nitrogens with zero attached hydrogens (tertiary/aromatic N) is 3. The van der Waals surface area contributed by atoms with E-state index in [1.165, 1.54) is 12.8 Å². The molecule has 0 unspecified atom stereocenters. The Kier molecular flexibility index (Phi) is 5.07. The van der Waals surface area contributed by atoms with Gasteiger partial charge in [-0.1, -0.05) is 25.1 Å². The molecule has 5 heteroatoms. The summed E-state index contributed by atoms with van der Waals surface area (Å²) in [6, 6.07) is 10.3. The minimum atomic E-state index is 0.0214. The summed E-state index contributed by atoms with van der Waals surface area (Å²) in [6.45, 7) is 7.28. The predicted octanol–water partition coefficient (Wildman–Crippen LogP) is 3.05. The van der Waals surface area contributed by atoms with Crippen molar-refractivity contribution in [2.75, 3.05) is 37.6 Å². The molecule has 2 aliphatic heterocycles. The van der Waals surface area contributed by atoms with Crippen LogP contribution in [0, 0.1) is 0 Å². The zero-order valence-corrected chi connectivity index (χ0v) is 15.6. The number of anilines is 1. The van der Waals surface area contributed by atoms with Crippen molar-refractivity contribution < 1.29 is 4.79 Å². The number of amides is 1. The van der Waals surface area contributed by atoms with Crippen LogP contribution < -0.4 is 10.2 Å². The van der Waals surface area contributed by atoms with Crippen molar-refractivity contribution in [3.8, 4) is 0 Å². The van der Waals surface area contributed by atoms with Gasteiger partial charge in [-0.15, -0.1) is 0 Å². The van der Waals surface area contributed by atoms with Gasteiger partial charge in [0.05, 0.1) is 11.1 Å². The first-order chi connectivity index (χ1) is 12.7. The molecule has 26 heavy (non-hydrogen) atoms. The number of nitrogens with one attached hydrogen (secondary N) is 1. The van der Waals surface area contributed by atoms with E-state index in [0.29, 0.717) is 0 Å². The molecule has 0 aliphatic carbocycles. The first-order valence-corrected chi connectivity index (χ1v) is 9.92. The number of fused-ring (bicyclic) bond motifs is 1. The first-order valence-electron chi connectivity index (χ1n) is 9.92. The largest absolute Gasteiger partial charge is 0.356 e. The van der Waals surface area contributed by atoms with E-state index >= 15 is 0 Å². The van der Waals surface area contributed by atoms with E-state index in [-0.39, 0.29) is 11.9 Å². The van der Waals surface area contributed by atoms with Crippen LogP contribution in [0.1, 0.15) is 43.0 Å². The van der Waals surface area contributed by atoms with Crippen LogP contribution in [0.5, 0.6) is 0 Å². The molecule has 4 rings (SSSR count). The molecule has 2 saturated heterocycles. The normalized spacial score (nSPS) is 21.3. The van der Waals surface area contributed by atoms with Gasteiger partial charge in [0.2, 0.25) is 0 Å². The van der Waals surface area contributed by atoms with E-state index < -0.39 is 0 Å². The molecule has 1 aromatic carbocycles. The fourth-order valence-corrected chi connectivity index (χ4v) is 4.17. The minimum Gasteiger partial charge on any atom is -0.356 e. The predicted molar refractivity (Wildman–Crippen MR) is 106 cm³/mol. The van der Waals surface area contributed by atoms with E-state index in [4.69, 9.17) is 4.98 Å². The van der Waals surface area contributed by atoms with Crippen molar-refractivity contribution in [3.05, 3.63) is 35.9 Å². The summed E-state index contributed by atoms with van der Waals surface area (Å²) < 4.78 is 0. The van der Waals surface area contributed by atoms with Crippen molar-refractivity contribution >= 4 is 22.6 Å². The number of aromatic nitrogens is 1. The Bertz CT molecular complexity index is 785. The molecule has 1 amide bonds. The van der Waals surface area contributed by atoms with Crippen LogP contribution in [0.15, 0.2) is 30.3 Å². The molecule has 1 N–H and O–H groups in total. The lowest BCUT2D eigenvalue weighted by Gasteiger charge is -2.32. The standard InChI is InChI=1S/C21H28N4O/c1-2-24-11-7-9-17(15-24)22-21(26)18-14-16-8-3-4-10-19(16)23-20(18)25-12-5-6-13-25/h3-4,8,10,14,17H,2,5-7,9,11-13,15H2,1H3,(H,22,26)/t17-/m1/s1. The molecule has 0 spiro atoms. The number of hydrogen-bond acceptors (Lipinski definition) is 4. The van der Waals surface area contributed by atoms with Gasteiger partial charge in [0.25, 0.3) is 5.91 Å². The Morgan fingerprint density at radius 1 is 1.19 bits per heavy atom. The van der Waals surface area contributed by atoms with Gasteiger partial charge in [-0.2, -0.15) is 0 Å². The molecule has 2 aromatic rings. The van der Waals surface area contributed by atoms with Gasteiger partial charge in [0.15, 0.2) is 0 Å². The lowest BCUT2D eigenvalue weighted by Crippen LogP contribution is -2.47. The van der Waals surface area contributed by atoms with E-state index in [1.54, 1.807) is 0 Å². The minimum absolute atomic E-state index is 0.0214. The molecule has 0 saturated carbocycles. The van der Waals surface area contributed by atoms with Gasteiger partial charge in [-0.3, -0.25) is 4.79 Å². The number of likely N-dealkylation sites (tertiary alicyclic amines) is 1. The van der Waals surface area contributed by atoms with Crippen LogP contribution in [0.3, 0.4) is 0 Å². The summed E-state index contributed by atoms with van der Waals surface area (Å²) in [5, 5.41) is 4.31. The van der Waals surface area contributed by atoms with Crippen molar-refractivity contribution in [1.82, 2.24) is 15.2 Å². The molecule has 2 aliphatic rings. The second kappa shape index (κ2) is 7.62.